The number of aromatic nitrogens is 6. The molecule has 0 amide bonds. The summed E-state index contributed by atoms with van der Waals surface area (Å²) in [5.41, 5.74) is 45.8. The average molecular weight is 1750 g/mol. The maximum atomic E-state index is 5.52. The van der Waals surface area contributed by atoms with Crippen LogP contribution in [-0.2, 0) is 72.1 Å². The highest BCUT2D eigenvalue weighted by Gasteiger charge is 2.46. The molecule has 0 saturated carbocycles. The zero-order valence-corrected chi connectivity index (χ0v) is 84.2. The molecule has 0 saturated heterocycles. The largest absolute Gasteiger partial charge is 0.497 e. The van der Waals surface area contributed by atoms with Crippen LogP contribution in [0.15, 0.2) is 267 Å². The summed E-state index contributed by atoms with van der Waals surface area (Å²) in [5, 5.41) is 8.34. The van der Waals surface area contributed by atoms with Gasteiger partial charge in [0.2, 0.25) is 0 Å². The van der Waals surface area contributed by atoms with Gasteiger partial charge in [-0.25, -0.2) is 0 Å². The predicted octanol–water partition coefficient (Wildman–Crippen LogP) is 29.0. The number of methoxy groups -OCH3 is 2. The van der Waals surface area contributed by atoms with Crippen molar-refractivity contribution in [2.45, 2.75) is 187 Å². The van der Waals surface area contributed by atoms with Crippen LogP contribution >= 0.6 is 0 Å². The summed E-state index contributed by atoms with van der Waals surface area (Å²) in [6.07, 6.45) is 3.59. The van der Waals surface area contributed by atoms with Gasteiger partial charge in [0, 0.05) is 171 Å². The molecule has 0 bridgehead atoms. The second kappa shape index (κ2) is 31.8. The third-order valence-electron chi connectivity index (χ3n) is 29.9. The standard InChI is InChI=1S/C21H25NOSi.C21H25NSi.C20H23NSi.C19H19NO.C19H19N.C18H17N/c1-21(2)17-9-7-6-8-15(17)20-19(21)16-12-14(23-3)10-11-18(16)22(20)13-24(4)5;1-14-10-11-18-16(12-14)19-20(22(18)13-23(4)5)15-8-6-7-9-17(15)21(19,2)3;1-20(2)16-11-7-5-9-14(16)19-18(20)15-10-6-8-12-17(15)21(19)13-22(3)4;1-19(2)15-8-6-5-7-13(15)18-17(19)14-11-12(21-4)9-10-16(14)20(18)3;1-12-9-10-16-14(11-12)17-18(20(16)4)13-7-5-6-8-15(13)19(17,2)3;1-18(2)14-10-6-4-8-12(14)17-16(18)13-9-5-7-11-15(13)19(17)3/h6-12,24H,13H2,1-5H3;6-12,23H,13H2,1-5H3;5-12,22H,13H2,1-4H3;5-11H,1-4H3;5-11H,1-4H3;4-11H,1-3H3. The number of hydrogen-bond donors (Lipinski definition) is 0. The fraction of sp³-hybridized carbons (Fsp3) is 0.288. The lowest BCUT2D eigenvalue weighted by atomic mass is 9.81. The van der Waals surface area contributed by atoms with Gasteiger partial charge in [0.25, 0.3) is 0 Å². The molecule has 6 aromatic heterocycles. The van der Waals surface area contributed by atoms with E-state index in [0.29, 0.717) is 0 Å². The first-order valence-electron chi connectivity index (χ1n) is 47.0. The van der Waals surface area contributed by atoms with Crippen LogP contribution in [0.25, 0.3) is 133 Å². The molecule has 0 radical (unpaired) electrons. The zero-order valence-electron chi connectivity index (χ0n) is 80.8. The number of nitrogens with zero attached hydrogens (tertiary/aromatic N) is 6. The third kappa shape index (κ3) is 13.4. The Morgan fingerprint density at radius 1 is 0.233 bits per heavy atom. The quantitative estimate of drug-likeness (QED) is 0.142. The smallest absolute Gasteiger partial charge is 0.119 e. The number of fused-ring (bicyclic) bond motifs is 30. The molecular weight excluding hydrogens is 1620 g/mol. The van der Waals surface area contributed by atoms with Crippen molar-refractivity contribution in [3.05, 3.63) is 345 Å². The molecule has 0 N–H and O–H groups in total. The van der Waals surface area contributed by atoms with Gasteiger partial charge in [-0.3, -0.25) is 0 Å². The van der Waals surface area contributed by atoms with E-state index in [1.54, 1.807) is 14.2 Å². The van der Waals surface area contributed by atoms with Gasteiger partial charge in [0.05, 0.1) is 74.8 Å². The van der Waals surface area contributed by atoms with E-state index < -0.39 is 26.4 Å². The van der Waals surface area contributed by atoms with E-state index in [2.05, 4.69) is 446 Å². The zero-order chi connectivity index (χ0) is 90.9. The summed E-state index contributed by atoms with van der Waals surface area (Å²) >= 11 is 0. The summed E-state index contributed by atoms with van der Waals surface area (Å²) in [6, 6.07) is 97.6. The van der Waals surface area contributed by atoms with E-state index in [1.807, 2.05) is 6.07 Å². The van der Waals surface area contributed by atoms with Crippen molar-refractivity contribution in [2.75, 3.05) is 14.2 Å². The maximum absolute atomic E-state index is 5.52. The number of aryl methyl sites for hydroxylation is 5. The van der Waals surface area contributed by atoms with Crippen molar-refractivity contribution in [1.82, 2.24) is 27.4 Å². The Morgan fingerprint density at radius 2 is 0.442 bits per heavy atom. The highest BCUT2D eigenvalue weighted by atomic mass is 28.3. The topological polar surface area (TPSA) is 48.0 Å². The molecule has 12 aromatic carbocycles. The van der Waals surface area contributed by atoms with Crippen LogP contribution in [-0.4, -0.2) is 68.0 Å². The molecule has 0 unspecified atom stereocenters. The number of benzene rings is 12. The molecule has 24 rings (SSSR count). The minimum atomic E-state index is -0.751. The molecular formula is C118H128N6O2Si3. The van der Waals surface area contributed by atoms with Gasteiger partial charge in [0.15, 0.2) is 0 Å². The highest BCUT2D eigenvalue weighted by molar-refractivity contribution is 6.55. The highest BCUT2D eigenvalue weighted by Crippen LogP contribution is 2.60. The number of ether oxygens (including phenoxy) is 2. The Labute approximate surface area is 769 Å². The lowest BCUT2D eigenvalue weighted by molar-refractivity contribution is 0.415. The second-order valence-electron chi connectivity index (χ2n) is 41.9. The summed E-state index contributed by atoms with van der Waals surface area (Å²) in [6.45, 7) is 47.2. The van der Waals surface area contributed by atoms with Crippen molar-refractivity contribution < 1.29 is 9.47 Å². The van der Waals surface area contributed by atoms with E-state index in [0.717, 1.165) is 11.5 Å². The average Bonchev–Trinajstić information content (AvgIpc) is 1.56. The Kier molecular flexibility index (Phi) is 21.3. The van der Waals surface area contributed by atoms with Gasteiger partial charge >= 0.3 is 0 Å². The molecule has 0 spiro atoms. The van der Waals surface area contributed by atoms with Gasteiger partial charge < -0.3 is 36.9 Å². The molecule has 129 heavy (non-hydrogen) atoms. The fourth-order valence-corrected chi connectivity index (χ4v) is 27.5. The Balaban J connectivity index is 0.000000101. The maximum Gasteiger partial charge on any atom is 0.119 e. The monoisotopic (exact) mass is 1740 g/mol. The van der Waals surface area contributed by atoms with Crippen LogP contribution in [0.3, 0.4) is 0 Å². The number of rotatable bonds is 8. The fourth-order valence-electron chi connectivity index (χ4n) is 24.2. The molecule has 0 atom stereocenters. The summed E-state index contributed by atoms with van der Waals surface area (Å²) in [4.78, 5) is 0. The van der Waals surface area contributed by atoms with Crippen LogP contribution in [0.1, 0.15) is 161 Å². The molecule has 8 nitrogen and oxygen atoms in total. The van der Waals surface area contributed by atoms with Crippen molar-refractivity contribution in [3.63, 3.8) is 0 Å². The Morgan fingerprint density at radius 3 is 0.767 bits per heavy atom. The van der Waals surface area contributed by atoms with Crippen LogP contribution < -0.4 is 9.47 Å². The van der Waals surface area contributed by atoms with E-state index in [4.69, 9.17) is 9.47 Å². The third-order valence-corrected chi connectivity index (χ3v) is 33.1. The minimum absolute atomic E-state index is 0.0256. The van der Waals surface area contributed by atoms with E-state index in [-0.39, 0.29) is 32.5 Å². The van der Waals surface area contributed by atoms with E-state index in [9.17, 15) is 0 Å². The molecule has 0 aliphatic heterocycles. The van der Waals surface area contributed by atoms with Crippen LogP contribution in [0.4, 0.5) is 0 Å². The van der Waals surface area contributed by atoms with Gasteiger partial charge in [-0.1, -0.05) is 328 Å². The van der Waals surface area contributed by atoms with Crippen molar-refractivity contribution >= 4 is 91.8 Å². The summed E-state index contributed by atoms with van der Waals surface area (Å²) < 4.78 is 25.8. The van der Waals surface area contributed by atoms with Crippen molar-refractivity contribution in [3.8, 4) is 79.0 Å². The number of para-hydroxylation sites is 2. The SMILES string of the molecule is COc1ccc2c(c1)c1c(n2C)-c2ccccc2C1(C)C.COc1ccc2c(c1)c1c(n2C[SiH](C)C)-c2ccccc2C1(C)C.C[SiH](C)Cn1c2c(c3ccccc31)C(C)(C)c1ccccc1-2.Cc1ccc2c(c1)c1c(n2C)-c2ccccc2C1(C)C.Cc1ccc2c(c1)c1c(n2C[SiH](C)C)-c2ccccc2C1(C)C.Cn1c2c(c3ccccc31)C(C)(C)c1ccccc1-2. The first kappa shape index (κ1) is 86.5. The summed E-state index contributed by atoms with van der Waals surface area (Å²) in [5.74, 6) is 1.86. The van der Waals surface area contributed by atoms with Gasteiger partial charge in [-0.15, -0.1) is 0 Å². The summed E-state index contributed by atoms with van der Waals surface area (Å²) in [7, 11) is 7.84. The van der Waals surface area contributed by atoms with Crippen LogP contribution in [0.5, 0.6) is 11.5 Å². The van der Waals surface area contributed by atoms with Crippen LogP contribution in [0, 0.1) is 13.8 Å². The molecule has 0 fully saturated rings. The van der Waals surface area contributed by atoms with E-state index in [1.165, 1.54) is 229 Å². The van der Waals surface area contributed by atoms with E-state index >= 15 is 0 Å². The minimum Gasteiger partial charge on any atom is -0.497 e. The molecule has 18 aromatic rings. The molecule has 654 valence electrons. The van der Waals surface area contributed by atoms with Gasteiger partial charge in [-0.05, 0) is 153 Å². The number of hydrogen-bond acceptors (Lipinski definition) is 2. The molecule has 6 aliphatic carbocycles. The Hall–Kier alpha value is -11.9. The van der Waals surface area contributed by atoms with Gasteiger partial charge in [-0.2, -0.15) is 0 Å². The second-order valence-corrected chi connectivity index (χ2v) is 51.4. The molecule has 11 heteroatoms. The first-order valence-corrected chi connectivity index (χ1v) is 56.3. The Bertz CT molecular complexity index is 7550. The molecule has 6 heterocycles. The van der Waals surface area contributed by atoms with Gasteiger partial charge in [0.1, 0.15) is 11.5 Å². The normalized spacial score (nSPS) is 15.2. The lowest BCUT2D eigenvalue weighted by Crippen LogP contribution is -2.14. The van der Waals surface area contributed by atoms with Crippen LogP contribution in [0.2, 0.25) is 39.3 Å². The predicted molar refractivity (Wildman–Crippen MR) is 559 cm³/mol. The first-order chi connectivity index (χ1) is 61.6. The van der Waals surface area contributed by atoms with Crippen molar-refractivity contribution in [1.29, 1.82) is 0 Å². The molecule has 6 aliphatic rings. The lowest BCUT2D eigenvalue weighted by Gasteiger charge is -2.21. The van der Waals surface area contributed by atoms with Crippen molar-refractivity contribution in [2.24, 2.45) is 21.1 Å².